The van der Waals surface area contributed by atoms with Crippen LogP contribution in [0.25, 0.3) is 6.08 Å². The number of nitrogens with zero attached hydrogens (tertiary/aromatic N) is 2. The van der Waals surface area contributed by atoms with Gasteiger partial charge in [0.15, 0.2) is 4.80 Å². The smallest absolute Gasteiger partial charge is 0.338 e. The van der Waals surface area contributed by atoms with E-state index < -0.39 is 12.0 Å². The number of benzene rings is 3. The lowest BCUT2D eigenvalue weighted by molar-refractivity contribution is -0.139. The lowest BCUT2D eigenvalue weighted by Gasteiger charge is -2.25. The largest absolute Gasteiger partial charge is 0.488 e. The van der Waals surface area contributed by atoms with E-state index in [2.05, 4.69) is 34.8 Å². The molecule has 222 valence electrons. The van der Waals surface area contributed by atoms with E-state index in [1.165, 1.54) is 16.9 Å². The van der Waals surface area contributed by atoms with Crippen LogP contribution in [-0.4, -0.2) is 17.1 Å². The molecule has 4 aromatic rings. The van der Waals surface area contributed by atoms with Gasteiger partial charge in [-0.2, -0.15) is 0 Å². The Hall–Kier alpha value is -3.17. The molecule has 0 saturated carbocycles. The second-order valence-corrected chi connectivity index (χ2v) is 13.0. The first-order valence-electron chi connectivity index (χ1n) is 13.7. The van der Waals surface area contributed by atoms with E-state index in [9.17, 15) is 9.59 Å². The highest BCUT2D eigenvalue weighted by Crippen LogP contribution is 2.32. The van der Waals surface area contributed by atoms with Crippen molar-refractivity contribution in [2.75, 3.05) is 6.61 Å². The van der Waals surface area contributed by atoms with Crippen LogP contribution < -0.4 is 19.6 Å². The van der Waals surface area contributed by atoms with Crippen molar-refractivity contribution in [1.82, 2.24) is 4.57 Å². The molecule has 0 spiro atoms. The van der Waals surface area contributed by atoms with Crippen LogP contribution >= 0.6 is 50.5 Å². The molecule has 1 aromatic heterocycles. The Morgan fingerprint density at radius 2 is 1.86 bits per heavy atom. The summed E-state index contributed by atoms with van der Waals surface area (Å²) in [5.74, 6) is 0.503. The third kappa shape index (κ3) is 6.68. The molecular weight excluding hydrogens is 671 g/mol. The zero-order valence-electron chi connectivity index (χ0n) is 24.0. The molecule has 6 nitrogen and oxygen atoms in total. The minimum atomic E-state index is -0.652. The number of thiazole rings is 1. The molecule has 0 radical (unpaired) electrons. The van der Waals surface area contributed by atoms with Gasteiger partial charge < -0.3 is 9.47 Å². The fourth-order valence-corrected chi connectivity index (χ4v) is 6.86. The van der Waals surface area contributed by atoms with E-state index >= 15 is 0 Å². The van der Waals surface area contributed by atoms with E-state index in [1.54, 1.807) is 30.5 Å². The van der Waals surface area contributed by atoms with Gasteiger partial charge in [0.25, 0.3) is 5.56 Å². The van der Waals surface area contributed by atoms with Gasteiger partial charge in [0.1, 0.15) is 12.4 Å². The molecule has 1 atom stereocenters. The highest BCUT2D eigenvalue weighted by molar-refractivity contribution is 9.10. The Balaban J connectivity index is 1.51. The van der Waals surface area contributed by atoms with E-state index in [1.807, 2.05) is 54.6 Å². The van der Waals surface area contributed by atoms with Gasteiger partial charge in [-0.25, -0.2) is 9.79 Å². The summed E-state index contributed by atoms with van der Waals surface area (Å²) in [6.07, 6.45) is 1.82. The van der Waals surface area contributed by atoms with Crippen molar-refractivity contribution in [2.24, 2.45) is 4.99 Å². The van der Waals surface area contributed by atoms with Crippen LogP contribution in [0.15, 0.2) is 86.2 Å². The number of ether oxygens (including phenoxy) is 2. The number of rotatable bonds is 8. The van der Waals surface area contributed by atoms with Crippen LogP contribution in [0.2, 0.25) is 10.0 Å². The number of esters is 1. The first kappa shape index (κ1) is 31.3. The van der Waals surface area contributed by atoms with Crippen molar-refractivity contribution in [2.45, 2.75) is 46.3 Å². The van der Waals surface area contributed by atoms with Gasteiger partial charge in [0.05, 0.1) is 32.9 Å². The Morgan fingerprint density at radius 1 is 1.12 bits per heavy atom. The monoisotopic (exact) mass is 698 g/mol. The molecular formula is C33H29BrCl2N2O4S. The zero-order valence-corrected chi connectivity index (χ0v) is 27.9. The molecule has 0 fully saturated rings. The topological polar surface area (TPSA) is 69.9 Å². The van der Waals surface area contributed by atoms with Gasteiger partial charge in [-0.1, -0.05) is 84.8 Å². The first-order valence-corrected chi connectivity index (χ1v) is 16.1. The molecule has 0 unspecified atom stereocenters. The molecule has 0 N–H and O–H groups in total. The highest BCUT2D eigenvalue weighted by Gasteiger charge is 2.33. The van der Waals surface area contributed by atoms with Crippen LogP contribution in [0.5, 0.6) is 5.75 Å². The number of allylic oxidation sites excluding steroid dienone is 1. The average Bonchev–Trinajstić information content (AvgIpc) is 3.26. The summed E-state index contributed by atoms with van der Waals surface area (Å²) in [7, 11) is 0. The van der Waals surface area contributed by atoms with Crippen molar-refractivity contribution in [3.63, 3.8) is 0 Å². The van der Waals surface area contributed by atoms with Crippen LogP contribution in [0.1, 0.15) is 61.9 Å². The minimum absolute atomic E-state index is 0.223. The molecule has 0 saturated heterocycles. The predicted octanol–water partition coefficient (Wildman–Crippen LogP) is 7.57. The van der Waals surface area contributed by atoms with E-state index in [-0.39, 0.29) is 18.8 Å². The van der Waals surface area contributed by atoms with E-state index in [0.29, 0.717) is 42.3 Å². The summed E-state index contributed by atoms with van der Waals surface area (Å²) in [5.41, 5.74) is 4.27. The van der Waals surface area contributed by atoms with E-state index in [0.717, 1.165) is 21.2 Å². The maximum Gasteiger partial charge on any atom is 0.338 e. The molecule has 5 rings (SSSR count). The lowest BCUT2D eigenvalue weighted by atomic mass is 9.93. The van der Waals surface area contributed by atoms with Crippen LogP contribution in [0.4, 0.5) is 0 Å². The molecule has 0 bridgehead atoms. The average molecular weight is 700 g/mol. The Morgan fingerprint density at radius 3 is 2.51 bits per heavy atom. The molecule has 0 aliphatic carbocycles. The molecule has 3 aromatic carbocycles. The molecule has 1 aliphatic rings. The number of hydrogen-bond acceptors (Lipinski definition) is 6. The predicted molar refractivity (Wildman–Crippen MR) is 176 cm³/mol. The molecule has 1 aliphatic heterocycles. The van der Waals surface area contributed by atoms with Crippen molar-refractivity contribution in [3.05, 3.63) is 128 Å². The second kappa shape index (κ2) is 13.2. The molecule has 0 amide bonds. The molecule has 10 heteroatoms. The number of carbonyl (C=O) groups excluding carboxylic acids is 1. The number of carbonyl (C=O) groups is 1. The second-order valence-electron chi connectivity index (χ2n) is 10.3. The summed E-state index contributed by atoms with van der Waals surface area (Å²) < 4.78 is 14.2. The van der Waals surface area contributed by atoms with Crippen molar-refractivity contribution >= 4 is 62.5 Å². The fourth-order valence-electron chi connectivity index (χ4n) is 4.84. The van der Waals surface area contributed by atoms with Gasteiger partial charge >= 0.3 is 5.97 Å². The van der Waals surface area contributed by atoms with Gasteiger partial charge in [0.2, 0.25) is 0 Å². The van der Waals surface area contributed by atoms with Gasteiger partial charge in [-0.05, 0) is 82.7 Å². The van der Waals surface area contributed by atoms with Gasteiger partial charge in [0, 0.05) is 15.6 Å². The number of fused-ring (bicyclic) bond motifs is 1. The van der Waals surface area contributed by atoms with Crippen molar-refractivity contribution < 1.29 is 14.3 Å². The quantitative estimate of drug-likeness (QED) is 0.178. The summed E-state index contributed by atoms with van der Waals surface area (Å²) in [6.45, 7) is 8.28. The van der Waals surface area contributed by atoms with E-state index in [4.69, 9.17) is 32.7 Å². The summed E-state index contributed by atoms with van der Waals surface area (Å²) in [5, 5.41) is 1.10. The summed E-state index contributed by atoms with van der Waals surface area (Å²) >= 11 is 17.1. The van der Waals surface area contributed by atoms with Crippen LogP contribution in [0, 0.1) is 0 Å². The van der Waals surface area contributed by atoms with Crippen LogP contribution in [0.3, 0.4) is 0 Å². The standard InChI is InChI=1S/C33H29BrCl2N2O4S/c1-5-41-32(40)29-19(4)37-33-38(30(29)22-9-7-21(8-10-22)18(2)3)31(39)28(43-33)15-20-6-13-27(25(34)14-20)42-17-23-11-12-24(35)16-26(23)36/h6-16,18,30H,5,17H2,1-4H3/b28-15-/t30-/m1/s1. The third-order valence-electron chi connectivity index (χ3n) is 7.09. The van der Waals surface area contributed by atoms with Crippen LogP contribution in [-0.2, 0) is 16.1 Å². The number of halogens is 3. The van der Waals surface area contributed by atoms with Crippen molar-refractivity contribution in [1.29, 1.82) is 0 Å². The Kier molecular flexibility index (Phi) is 9.61. The Labute approximate surface area is 272 Å². The van der Waals surface area contributed by atoms with Crippen molar-refractivity contribution in [3.8, 4) is 5.75 Å². The fraction of sp³-hybridized carbons (Fsp3) is 0.242. The van der Waals surface area contributed by atoms with Gasteiger partial charge in [-0.15, -0.1) is 0 Å². The summed E-state index contributed by atoms with van der Waals surface area (Å²) in [6, 6.07) is 18.2. The number of aromatic nitrogens is 1. The minimum Gasteiger partial charge on any atom is -0.488 e. The zero-order chi connectivity index (χ0) is 30.8. The molecule has 2 heterocycles. The first-order chi connectivity index (χ1) is 20.6. The number of hydrogen-bond donors (Lipinski definition) is 0. The Bertz CT molecular complexity index is 1910. The third-order valence-corrected chi connectivity index (χ3v) is 9.28. The normalized spacial score (nSPS) is 15.0. The van der Waals surface area contributed by atoms with Gasteiger partial charge in [-0.3, -0.25) is 9.36 Å². The maximum atomic E-state index is 13.9. The molecule has 43 heavy (non-hydrogen) atoms. The summed E-state index contributed by atoms with van der Waals surface area (Å²) in [4.78, 5) is 32.3. The highest BCUT2D eigenvalue weighted by atomic mass is 79.9. The SMILES string of the molecule is CCOC(=O)C1=C(C)N=c2s/c(=C\c3ccc(OCc4ccc(Cl)cc4Cl)c(Br)c3)c(=O)n2[C@@H]1c1ccc(C(C)C)cc1. The lowest BCUT2D eigenvalue weighted by Crippen LogP contribution is -2.39. The maximum absolute atomic E-state index is 13.9.